The van der Waals surface area contributed by atoms with Gasteiger partial charge in [0.25, 0.3) is 5.91 Å². The SMILES string of the molecule is COc1ccc(C(=O)N/N=C\c2cccc(OC)c2OCc2cccc3ccccc23)cc1. The van der Waals surface area contributed by atoms with Crippen molar-refractivity contribution in [1.29, 1.82) is 0 Å². The van der Waals surface area contributed by atoms with Gasteiger partial charge in [0.05, 0.1) is 20.4 Å². The second kappa shape index (κ2) is 10.3. The Labute approximate surface area is 192 Å². The predicted molar refractivity (Wildman–Crippen MR) is 129 cm³/mol. The van der Waals surface area contributed by atoms with E-state index < -0.39 is 0 Å². The maximum atomic E-state index is 12.4. The van der Waals surface area contributed by atoms with E-state index in [1.165, 1.54) is 0 Å². The minimum Gasteiger partial charge on any atom is -0.497 e. The zero-order valence-corrected chi connectivity index (χ0v) is 18.4. The lowest BCUT2D eigenvalue weighted by atomic mass is 10.1. The van der Waals surface area contributed by atoms with Crippen molar-refractivity contribution < 1.29 is 19.0 Å². The minimum atomic E-state index is -0.324. The first-order chi connectivity index (χ1) is 16.2. The molecule has 1 amide bonds. The van der Waals surface area contributed by atoms with E-state index in [4.69, 9.17) is 14.2 Å². The molecule has 0 unspecified atom stereocenters. The fourth-order valence-corrected chi connectivity index (χ4v) is 3.49. The number of ether oxygens (including phenoxy) is 3. The van der Waals surface area contributed by atoms with Crippen LogP contribution in [0.1, 0.15) is 21.5 Å². The standard InChI is InChI=1S/C27H24N2O4/c1-31-23-15-13-20(14-16-23)27(30)29-28-17-21-9-6-12-25(32-2)26(21)33-18-22-10-5-8-19-7-3-4-11-24(19)22/h3-17H,18H2,1-2H3,(H,29,30)/b28-17-. The number of nitrogens with zero attached hydrogens (tertiary/aromatic N) is 1. The molecular weight excluding hydrogens is 416 g/mol. The highest BCUT2D eigenvalue weighted by Crippen LogP contribution is 2.31. The lowest BCUT2D eigenvalue weighted by molar-refractivity contribution is 0.0955. The van der Waals surface area contributed by atoms with Crippen molar-refractivity contribution in [2.24, 2.45) is 5.10 Å². The summed E-state index contributed by atoms with van der Waals surface area (Å²) in [5.41, 5.74) is 4.77. The normalized spacial score (nSPS) is 10.8. The van der Waals surface area contributed by atoms with E-state index in [0.29, 0.717) is 35.0 Å². The molecule has 0 aliphatic heterocycles. The molecule has 0 aliphatic carbocycles. The van der Waals surface area contributed by atoms with E-state index in [1.54, 1.807) is 44.7 Å². The fraction of sp³-hybridized carbons (Fsp3) is 0.111. The number of methoxy groups -OCH3 is 2. The van der Waals surface area contributed by atoms with E-state index in [9.17, 15) is 4.79 Å². The first-order valence-corrected chi connectivity index (χ1v) is 10.4. The molecule has 0 radical (unpaired) electrons. The molecule has 0 atom stereocenters. The van der Waals surface area contributed by atoms with Crippen LogP contribution in [0.15, 0.2) is 90.0 Å². The van der Waals surface area contributed by atoms with Crippen LogP contribution in [-0.4, -0.2) is 26.3 Å². The molecule has 0 heterocycles. The van der Waals surface area contributed by atoms with Gasteiger partial charge in [0.2, 0.25) is 0 Å². The molecular formula is C27H24N2O4. The Morgan fingerprint density at radius 1 is 0.879 bits per heavy atom. The van der Waals surface area contributed by atoms with Crippen LogP contribution in [-0.2, 0) is 6.61 Å². The molecule has 0 aliphatic rings. The van der Waals surface area contributed by atoms with Gasteiger partial charge in [0, 0.05) is 11.1 Å². The Morgan fingerprint density at radius 2 is 1.64 bits per heavy atom. The topological polar surface area (TPSA) is 69.2 Å². The summed E-state index contributed by atoms with van der Waals surface area (Å²) in [7, 11) is 3.17. The number of hydrogen-bond acceptors (Lipinski definition) is 5. The minimum absolute atomic E-state index is 0.324. The maximum Gasteiger partial charge on any atom is 0.271 e. The summed E-state index contributed by atoms with van der Waals surface area (Å²) in [5, 5.41) is 6.40. The third kappa shape index (κ3) is 5.13. The summed E-state index contributed by atoms with van der Waals surface area (Å²) >= 11 is 0. The Balaban J connectivity index is 1.51. The van der Waals surface area contributed by atoms with Gasteiger partial charge >= 0.3 is 0 Å². The quantitative estimate of drug-likeness (QED) is 0.302. The molecule has 0 bridgehead atoms. The Kier molecular flexibility index (Phi) is 6.85. The van der Waals surface area contributed by atoms with Gasteiger partial charge in [0.1, 0.15) is 12.4 Å². The molecule has 6 heteroatoms. The van der Waals surface area contributed by atoms with Gasteiger partial charge in [0.15, 0.2) is 11.5 Å². The monoisotopic (exact) mass is 440 g/mol. The second-order valence-electron chi connectivity index (χ2n) is 7.23. The molecule has 4 aromatic carbocycles. The molecule has 1 N–H and O–H groups in total. The van der Waals surface area contributed by atoms with Crippen molar-refractivity contribution in [3.63, 3.8) is 0 Å². The Bertz CT molecular complexity index is 1280. The Hall–Kier alpha value is -4.32. The molecule has 6 nitrogen and oxygen atoms in total. The molecule has 0 fully saturated rings. The zero-order valence-electron chi connectivity index (χ0n) is 18.4. The summed E-state index contributed by atoms with van der Waals surface area (Å²) in [6.07, 6.45) is 1.54. The molecule has 0 saturated carbocycles. The number of benzene rings is 4. The van der Waals surface area contributed by atoms with Gasteiger partial charge in [-0.3, -0.25) is 4.79 Å². The first-order valence-electron chi connectivity index (χ1n) is 10.4. The van der Waals surface area contributed by atoms with Crippen molar-refractivity contribution in [3.8, 4) is 17.2 Å². The average Bonchev–Trinajstić information content (AvgIpc) is 2.87. The van der Waals surface area contributed by atoms with Gasteiger partial charge in [-0.1, -0.05) is 48.5 Å². The van der Waals surface area contributed by atoms with E-state index in [-0.39, 0.29) is 5.91 Å². The summed E-state index contributed by atoms with van der Waals surface area (Å²) in [6.45, 7) is 0.362. The summed E-state index contributed by atoms with van der Waals surface area (Å²) in [5.74, 6) is 1.49. The summed E-state index contributed by atoms with van der Waals surface area (Å²) in [6, 6.07) is 26.6. The van der Waals surface area contributed by atoms with Crippen LogP contribution < -0.4 is 19.6 Å². The van der Waals surface area contributed by atoms with Crippen LogP contribution in [0, 0.1) is 0 Å². The lowest BCUT2D eigenvalue weighted by Gasteiger charge is -2.14. The van der Waals surface area contributed by atoms with E-state index >= 15 is 0 Å². The number of amides is 1. The van der Waals surface area contributed by atoms with Crippen molar-refractivity contribution in [2.45, 2.75) is 6.61 Å². The molecule has 4 aromatic rings. The second-order valence-corrected chi connectivity index (χ2v) is 7.23. The van der Waals surface area contributed by atoms with E-state index in [0.717, 1.165) is 16.3 Å². The van der Waals surface area contributed by atoms with Crippen LogP contribution >= 0.6 is 0 Å². The highest BCUT2D eigenvalue weighted by atomic mass is 16.5. The van der Waals surface area contributed by atoms with Gasteiger partial charge in [-0.25, -0.2) is 5.43 Å². The number of nitrogens with one attached hydrogen (secondary N) is 1. The van der Waals surface area contributed by atoms with Crippen LogP contribution in [0.4, 0.5) is 0 Å². The van der Waals surface area contributed by atoms with Crippen molar-refractivity contribution >= 4 is 22.9 Å². The largest absolute Gasteiger partial charge is 0.497 e. The first kappa shape index (κ1) is 21.9. The van der Waals surface area contributed by atoms with Crippen LogP contribution in [0.25, 0.3) is 10.8 Å². The lowest BCUT2D eigenvalue weighted by Crippen LogP contribution is -2.17. The predicted octanol–water partition coefficient (Wildman–Crippen LogP) is 5.20. The van der Waals surface area contributed by atoms with Crippen LogP contribution in [0.3, 0.4) is 0 Å². The van der Waals surface area contributed by atoms with Crippen molar-refractivity contribution in [1.82, 2.24) is 5.43 Å². The van der Waals surface area contributed by atoms with Crippen molar-refractivity contribution in [2.75, 3.05) is 14.2 Å². The average molecular weight is 440 g/mol. The molecule has 0 aromatic heterocycles. The van der Waals surface area contributed by atoms with Crippen LogP contribution in [0.5, 0.6) is 17.2 Å². The number of fused-ring (bicyclic) bond motifs is 1. The Morgan fingerprint density at radius 3 is 2.42 bits per heavy atom. The molecule has 33 heavy (non-hydrogen) atoms. The highest BCUT2D eigenvalue weighted by molar-refractivity contribution is 5.95. The molecule has 4 rings (SSSR count). The van der Waals surface area contributed by atoms with Crippen LogP contribution in [0.2, 0.25) is 0 Å². The fourth-order valence-electron chi connectivity index (χ4n) is 3.49. The summed E-state index contributed by atoms with van der Waals surface area (Å²) in [4.78, 5) is 12.4. The van der Waals surface area contributed by atoms with Gasteiger partial charge in [-0.05, 0) is 52.7 Å². The zero-order chi connectivity index (χ0) is 23.0. The molecule has 166 valence electrons. The number of carbonyl (C=O) groups excluding carboxylic acids is 1. The smallest absolute Gasteiger partial charge is 0.271 e. The third-order valence-electron chi connectivity index (χ3n) is 5.20. The van der Waals surface area contributed by atoms with Gasteiger partial charge < -0.3 is 14.2 Å². The van der Waals surface area contributed by atoms with E-state index in [2.05, 4.69) is 28.7 Å². The summed E-state index contributed by atoms with van der Waals surface area (Å²) < 4.78 is 16.8. The number of carbonyl (C=O) groups is 1. The van der Waals surface area contributed by atoms with Gasteiger partial charge in [-0.2, -0.15) is 5.10 Å². The molecule has 0 saturated heterocycles. The van der Waals surface area contributed by atoms with Gasteiger partial charge in [-0.15, -0.1) is 0 Å². The van der Waals surface area contributed by atoms with Crippen molar-refractivity contribution in [3.05, 3.63) is 102 Å². The number of para-hydroxylation sites is 1. The number of rotatable bonds is 8. The maximum absolute atomic E-state index is 12.4. The highest BCUT2D eigenvalue weighted by Gasteiger charge is 2.11. The van der Waals surface area contributed by atoms with E-state index in [1.807, 2.05) is 42.5 Å². The third-order valence-corrected chi connectivity index (χ3v) is 5.20. The number of hydrazone groups is 1. The molecule has 0 spiro atoms. The number of hydrogen-bond donors (Lipinski definition) is 1.